The molecule has 244 valence electrons. The number of nitrogens with one attached hydrogen (secondary N) is 1. The van der Waals surface area contributed by atoms with Crippen LogP contribution in [0.5, 0.6) is 17.2 Å². The number of benzene rings is 4. The first-order chi connectivity index (χ1) is 21.3. The molecular weight excluding hydrogens is 640 g/mol. The number of hydrogen-bond acceptors (Lipinski definition) is 4. The average molecular weight is 661 g/mol. The molecule has 0 saturated heterocycles. The molecule has 1 amide bonds. The highest BCUT2D eigenvalue weighted by Crippen LogP contribution is 2.44. The summed E-state index contributed by atoms with van der Waals surface area (Å²) in [7, 11) is 1.34. The third-order valence-corrected chi connectivity index (χ3v) is 6.71. The number of carbonyl (C=O) groups is 1. The molecule has 0 aliphatic rings. The van der Waals surface area contributed by atoms with E-state index in [0.717, 1.165) is 36.4 Å². The lowest BCUT2D eigenvalue weighted by Crippen LogP contribution is -2.45. The maximum Gasteiger partial charge on any atom is 0.573 e. The van der Waals surface area contributed by atoms with Crippen molar-refractivity contribution in [3.05, 3.63) is 113 Å². The summed E-state index contributed by atoms with van der Waals surface area (Å²) in [4.78, 5) is 13.5. The first-order valence-corrected chi connectivity index (χ1v) is 12.9. The number of rotatable bonds is 8. The first-order valence-electron chi connectivity index (χ1n) is 12.9. The second-order valence-corrected chi connectivity index (χ2v) is 9.80. The van der Waals surface area contributed by atoms with Crippen molar-refractivity contribution < 1.29 is 62.9 Å². The summed E-state index contributed by atoms with van der Waals surface area (Å²) >= 11 is 0. The molecule has 4 aromatic rings. The van der Waals surface area contributed by atoms with E-state index < -0.39 is 58.8 Å². The molecular formula is C31H21F10NO4. The number of methoxy groups -OCH3 is 1. The summed E-state index contributed by atoms with van der Waals surface area (Å²) < 4.78 is 148. The Morgan fingerprint density at radius 3 is 1.91 bits per heavy atom. The zero-order valence-corrected chi connectivity index (χ0v) is 23.5. The topological polar surface area (TPSA) is 56.8 Å². The van der Waals surface area contributed by atoms with Crippen LogP contribution in [-0.4, -0.2) is 25.7 Å². The normalized spacial score (nSPS) is 13.5. The summed E-state index contributed by atoms with van der Waals surface area (Å²) in [5.41, 5.74) is -5.19. The van der Waals surface area contributed by atoms with Gasteiger partial charge >= 0.3 is 18.9 Å². The number of amides is 1. The fourth-order valence-corrected chi connectivity index (χ4v) is 4.70. The van der Waals surface area contributed by atoms with Gasteiger partial charge in [-0.3, -0.25) is 4.79 Å². The number of hydrogen-bond donors (Lipinski definition) is 1. The van der Waals surface area contributed by atoms with Crippen LogP contribution in [0.1, 0.15) is 34.0 Å². The second kappa shape index (κ2) is 12.4. The zero-order chi connectivity index (χ0) is 34.1. The maximum atomic E-state index is 14.0. The second-order valence-electron chi connectivity index (χ2n) is 9.80. The Hall–Kier alpha value is -4.95. The minimum atomic E-state index is -5.22. The molecule has 15 heteroatoms. The molecule has 0 heterocycles. The van der Waals surface area contributed by atoms with E-state index in [1.807, 2.05) is 0 Å². The van der Waals surface area contributed by atoms with Crippen molar-refractivity contribution in [2.45, 2.75) is 31.4 Å². The van der Waals surface area contributed by atoms with Gasteiger partial charge in [-0.15, -0.1) is 26.3 Å². The van der Waals surface area contributed by atoms with E-state index >= 15 is 0 Å². The molecule has 0 aliphatic carbocycles. The zero-order valence-electron chi connectivity index (χ0n) is 23.5. The predicted molar refractivity (Wildman–Crippen MR) is 144 cm³/mol. The van der Waals surface area contributed by atoms with Gasteiger partial charge < -0.3 is 19.5 Å². The van der Waals surface area contributed by atoms with Crippen molar-refractivity contribution in [1.82, 2.24) is 5.32 Å². The lowest BCUT2D eigenvalue weighted by atomic mass is 9.79. The molecule has 1 atom stereocenters. The molecule has 0 aliphatic heterocycles. The molecule has 0 bridgehead atoms. The fourth-order valence-electron chi connectivity index (χ4n) is 4.70. The summed E-state index contributed by atoms with van der Waals surface area (Å²) in [5, 5.41) is 2.43. The van der Waals surface area contributed by atoms with Gasteiger partial charge in [0.2, 0.25) is 0 Å². The Bertz CT molecular complexity index is 1720. The molecule has 0 aromatic heterocycles. The lowest BCUT2D eigenvalue weighted by molar-refractivity contribution is -0.275. The quantitative estimate of drug-likeness (QED) is 0.192. The van der Waals surface area contributed by atoms with E-state index in [0.29, 0.717) is 11.8 Å². The van der Waals surface area contributed by atoms with E-state index in [2.05, 4.69) is 14.8 Å². The van der Waals surface area contributed by atoms with Gasteiger partial charge in [0.1, 0.15) is 23.1 Å². The van der Waals surface area contributed by atoms with Gasteiger partial charge in [-0.1, -0.05) is 36.4 Å². The Morgan fingerprint density at radius 2 is 1.33 bits per heavy atom. The van der Waals surface area contributed by atoms with Gasteiger partial charge in [-0.05, 0) is 72.1 Å². The van der Waals surface area contributed by atoms with Crippen molar-refractivity contribution in [2.75, 3.05) is 7.11 Å². The third kappa shape index (κ3) is 7.82. The average Bonchev–Trinajstić information content (AvgIpc) is 2.95. The minimum absolute atomic E-state index is 0.0694. The first kappa shape index (κ1) is 33.9. The summed E-state index contributed by atoms with van der Waals surface area (Å²) in [5.74, 6) is -4.20. The van der Waals surface area contributed by atoms with E-state index in [9.17, 15) is 48.7 Å². The van der Waals surface area contributed by atoms with E-state index in [-0.39, 0.29) is 28.3 Å². The van der Waals surface area contributed by atoms with Crippen LogP contribution in [0, 0.1) is 5.82 Å². The number of ether oxygens (including phenoxy) is 3. The van der Waals surface area contributed by atoms with Crippen LogP contribution in [0.15, 0.2) is 84.9 Å². The lowest BCUT2D eigenvalue weighted by Gasteiger charge is -2.35. The molecule has 5 nitrogen and oxygen atoms in total. The third-order valence-electron chi connectivity index (χ3n) is 6.71. The molecule has 0 radical (unpaired) electrons. The number of carbonyl (C=O) groups excluding carboxylic acids is 1. The summed E-state index contributed by atoms with van der Waals surface area (Å²) in [6.07, 6.45) is -15.6. The summed E-state index contributed by atoms with van der Waals surface area (Å²) in [6.45, 7) is 1.20. The van der Waals surface area contributed by atoms with Crippen molar-refractivity contribution in [2.24, 2.45) is 0 Å². The Labute approximate surface area is 254 Å². The highest BCUT2D eigenvalue weighted by molar-refractivity contribution is 5.95. The van der Waals surface area contributed by atoms with E-state index in [4.69, 9.17) is 4.74 Å². The Balaban J connectivity index is 1.99. The number of alkyl halides is 9. The van der Waals surface area contributed by atoms with E-state index in [1.165, 1.54) is 50.4 Å². The Kier molecular flexibility index (Phi) is 9.18. The van der Waals surface area contributed by atoms with Gasteiger partial charge in [0.25, 0.3) is 5.91 Å². The van der Waals surface area contributed by atoms with Gasteiger partial charge in [0, 0.05) is 11.1 Å². The fraction of sp³-hybridized carbons (Fsp3) is 0.194. The van der Waals surface area contributed by atoms with Crippen LogP contribution < -0.4 is 19.5 Å². The molecule has 1 N–H and O–H groups in total. The van der Waals surface area contributed by atoms with Crippen LogP contribution in [0.3, 0.4) is 0 Å². The maximum absolute atomic E-state index is 14.0. The van der Waals surface area contributed by atoms with Gasteiger partial charge in [-0.25, -0.2) is 4.39 Å². The van der Waals surface area contributed by atoms with Crippen molar-refractivity contribution in [3.8, 4) is 28.4 Å². The van der Waals surface area contributed by atoms with E-state index in [1.54, 1.807) is 0 Å². The molecule has 0 spiro atoms. The molecule has 46 heavy (non-hydrogen) atoms. The summed E-state index contributed by atoms with van der Waals surface area (Å²) in [6, 6.07) is 14.2. The minimum Gasteiger partial charge on any atom is -0.497 e. The van der Waals surface area contributed by atoms with Crippen LogP contribution in [0.2, 0.25) is 0 Å². The van der Waals surface area contributed by atoms with Crippen molar-refractivity contribution in [3.63, 3.8) is 0 Å². The Morgan fingerprint density at radius 1 is 0.696 bits per heavy atom. The molecule has 4 rings (SSSR count). The number of halogens is 10. The SMILES string of the molecule is COc1ccc(-c2c(OC(F)(F)F)cccc2C(C)(NC(=O)c2ccc(F)c(C(F)(F)F)c2)c2cccc(OC(F)(F)F)c2)cc1. The van der Waals surface area contributed by atoms with Crippen molar-refractivity contribution in [1.29, 1.82) is 0 Å². The predicted octanol–water partition coefficient (Wildman–Crippen LogP) is 9.01. The van der Waals surface area contributed by atoms with Crippen LogP contribution in [-0.2, 0) is 11.7 Å². The van der Waals surface area contributed by atoms with Gasteiger partial charge in [0.15, 0.2) is 0 Å². The molecule has 0 saturated carbocycles. The van der Waals surface area contributed by atoms with Crippen LogP contribution in [0.25, 0.3) is 11.1 Å². The largest absolute Gasteiger partial charge is 0.573 e. The van der Waals surface area contributed by atoms with Gasteiger partial charge in [-0.2, -0.15) is 13.2 Å². The highest BCUT2D eigenvalue weighted by atomic mass is 19.4. The smallest absolute Gasteiger partial charge is 0.497 e. The highest BCUT2D eigenvalue weighted by Gasteiger charge is 2.40. The van der Waals surface area contributed by atoms with Crippen LogP contribution >= 0.6 is 0 Å². The van der Waals surface area contributed by atoms with Crippen molar-refractivity contribution >= 4 is 5.91 Å². The van der Waals surface area contributed by atoms with Crippen LogP contribution in [0.4, 0.5) is 43.9 Å². The molecule has 0 fully saturated rings. The monoisotopic (exact) mass is 661 g/mol. The molecule has 1 unspecified atom stereocenters. The standard InChI is InChI=1S/C31H21F10NO4/c1-28(19-5-3-6-21(16-19)45-30(36,37)38,42-27(43)18-11-14-24(32)23(15-18)29(33,34)35)22-7-4-8-25(46-31(39,40)41)26(22)17-9-12-20(44-2)13-10-17/h3-16H,1-2H3,(H,42,43). The molecule has 4 aromatic carbocycles. The van der Waals surface area contributed by atoms with Gasteiger partial charge in [0.05, 0.1) is 18.2 Å².